The standard InChI is InChI=1S/C15H25NO/c1-11(2)9-16(5)10-14-7-12(3)15(17-6)13(4)8-14/h7-8,11H,9-10H2,1-6H3. The van der Waals surface area contributed by atoms with Crippen molar-refractivity contribution in [2.45, 2.75) is 34.2 Å². The summed E-state index contributed by atoms with van der Waals surface area (Å²) < 4.78 is 5.39. The third-order valence-electron chi connectivity index (χ3n) is 2.85. The molecule has 0 amide bonds. The molecule has 1 aromatic rings. The number of rotatable bonds is 5. The van der Waals surface area contributed by atoms with E-state index in [9.17, 15) is 0 Å². The summed E-state index contributed by atoms with van der Waals surface area (Å²) in [6, 6.07) is 4.45. The molecule has 0 N–H and O–H groups in total. The lowest BCUT2D eigenvalue weighted by molar-refractivity contribution is 0.288. The Bertz CT molecular complexity index is 348. The number of hydrogen-bond donors (Lipinski definition) is 0. The molecule has 1 rings (SSSR count). The lowest BCUT2D eigenvalue weighted by Crippen LogP contribution is -2.22. The summed E-state index contributed by atoms with van der Waals surface area (Å²) in [7, 11) is 3.91. The van der Waals surface area contributed by atoms with E-state index in [2.05, 4.69) is 51.8 Å². The monoisotopic (exact) mass is 235 g/mol. The summed E-state index contributed by atoms with van der Waals surface area (Å²) in [5.74, 6) is 1.72. The van der Waals surface area contributed by atoms with Gasteiger partial charge in [0, 0.05) is 13.1 Å². The zero-order chi connectivity index (χ0) is 13.0. The molecule has 2 nitrogen and oxygen atoms in total. The van der Waals surface area contributed by atoms with Crippen LogP contribution in [0.1, 0.15) is 30.5 Å². The molecule has 0 saturated heterocycles. The highest BCUT2D eigenvalue weighted by molar-refractivity contribution is 5.43. The second-order valence-corrected chi connectivity index (χ2v) is 5.35. The molecular formula is C15H25NO. The minimum atomic E-state index is 0.709. The maximum Gasteiger partial charge on any atom is 0.124 e. The second-order valence-electron chi connectivity index (χ2n) is 5.35. The molecule has 1 aromatic carbocycles. The van der Waals surface area contributed by atoms with Crippen LogP contribution in [0.15, 0.2) is 12.1 Å². The number of ether oxygens (including phenoxy) is 1. The van der Waals surface area contributed by atoms with Gasteiger partial charge in [0.15, 0.2) is 0 Å². The van der Waals surface area contributed by atoms with E-state index in [-0.39, 0.29) is 0 Å². The molecule has 0 heterocycles. The Kier molecular flexibility index (Phi) is 5.01. The van der Waals surface area contributed by atoms with Gasteiger partial charge < -0.3 is 9.64 Å². The van der Waals surface area contributed by atoms with Gasteiger partial charge in [-0.05, 0) is 43.5 Å². The van der Waals surface area contributed by atoms with E-state index in [0.717, 1.165) is 18.8 Å². The van der Waals surface area contributed by atoms with Crippen LogP contribution in [0.25, 0.3) is 0 Å². The lowest BCUT2D eigenvalue weighted by atomic mass is 10.0. The number of nitrogens with zero attached hydrogens (tertiary/aromatic N) is 1. The number of benzene rings is 1. The number of methoxy groups -OCH3 is 1. The Hall–Kier alpha value is -1.02. The summed E-state index contributed by atoms with van der Waals surface area (Å²) in [5.41, 5.74) is 3.81. The zero-order valence-corrected chi connectivity index (χ0v) is 12.0. The fourth-order valence-corrected chi connectivity index (χ4v) is 2.45. The molecule has 0 saturated carbocycles. The van der Waals surface area contributed by atoms with Crippen LogP contribution in [0.2, 0.25) is 0 Å². The van der Waals surface area contributed by atoms with Crippen molar-refractivity contribution in [3.63, 3.8) is 0 Å². The van der Waals surface area contributed by atoms with Crippen molar-refractivity contribution in [2.75, 3.05) is 20.7 Å². The van der Waals surface area contributed by atoms with Gasteiger partial charge >= 0.3 is 0 Å². The number of hydrogen-bond acceptors (Lipinski definition) is 2. The van der Waals surface area contributed by atoms with Crippen molar-refractivity contribution in [1.29, 1.82) is 0 Å². The SMILES string of the molecule is COc1c(C)cc(CN(C)CC(C)C)cc1C. The highest BCUT2D eigenvalue weighted by Crippen LogP contribution is 2.24. The highest BCUT2D eigenvalue weighted by atomic mass is 16.5. The Morgan fingerprint density at radius 2 is 1.71 bits per heavy atom. The predicted octanol–water partition coefficient (Wildman–Crippen LogP) is 3.40. The first-order chi connectivity index (χ1) is 7.93. The zero-order valence-electron chi connectivity index (χ0n) is 12.0. The van der Waals surface area contributed by atoms with Gasteiger partial charge in [0.1, 0.15) is 5.75 Å². The van der Waals surface area contributed by atoms with Crippen LogP contribution >= 0.6 is 0 Å². The van der Waals surface area contributed by atoms with Gasteiger partial charge in [-0.25, -0.2) is 0 Å². The Labute approximate surface area is 106 Å². The van der Waals surface area contributed by atoms with Crippen LogP contribution in [-0.2, 0) is 6.54 Å². The first kappa shape index (κ1) is 14.0. The fourth-order valence-electron chi connectivity index (χ4n) is 2.45. The van der Waals surface area contributed by atoms with Crippen LogP contribution in [-0.4, -0.2) is 25.6 Å². The molecule has 0 fully saturated rings. The lowest BCUT2D eigenvalue weighted by Gasteiger charge is -2.20. The normalized spacial score (nSPS) is 11.3. The van der Waals surface area contributed by atoms with Gasteiger partial charge in [-0.2, -0.15) is 0 Å². The smallest absolute Gasteiger partial charge is 0.124 e. The molecule has 17 heavy (non-hydrogen) atoms. The average molecular weight is 235 g/mol. The van der Waals surface area contributed by atoms with Gasteiger partial charge in [-0.3, -0.25) is 0 Å². The molecule has 0 atom stereocenters. The third-order valence-corrected chi connectivity index (χ3v) is 2.85. The van der Waals surface area contributed by atoms with Crippen LogP contribution < -0.4 is 4.74 Å². The van der Waals surface area contributed by atoms with Crippen LogP contribution in [0.3, 0.4) is 0 Å². The largest absolute Gasteiger partial charge is 0.496 e. The van der Waals surface area contributed by atoms with Gasteiger partial charge in [0.2, 0.25) is 0 Å². The maximum atomic E-state index is 5.39. The summed E-state index contributed by atoms with van der Waals surface area (Å²) >= 11 is 0. The average Bonchev–Trinajstić information content (AvgIpc) is 2.15. The van der Waals surface area contributed by atoms with Crippen LogP contribution in [0.4, 0.5) is 0 Å². The van der Waals surface area contributed by atoms with Crippen molar-refractivity contribution in [1.82, 2.24) is 4.90 Å². The van der Waals surface area contributed by atoms with E-state index in [0.29, 0.717) is 5.92 Å². The Balaban J connectivity index is 2.79. The van der Waals surface area contributed by atoms with E-state index in [1.807, 2.05) is 0 Å². The molecular weight excluding hydrogens is 210 g/mol. The molecule has 0 unspecified atom stereocenters. The summed E-state index contributed by atoms with van der Waals surface area (Å²) in [6.45, 7) is 10.9. The number of aryl methyl sites for hydroxylation is 2. The van der Waals surface area contributed by atoms with Gasteiger partial charge in [0.05, 0.1) is 7.11 Å². The van der Waals surface area contributed by atoms with Crippen LogP contribution in [0.5, 0.6) is 5.75 Å². The van der Waals surface area contributed by atoms with E-state index in [1.54, 1.807) is 7.11 Å². The van der Waals surface area contributed by atoms with Crippen molar-refractivity contribution in [2.24, 2.45) is 5.92 Å². The third kappa shape index (κ3) is 4.04. The first-order valence-electron chi connectivity index (χ1n) is 6.26. The molecule has 0 aromatic heterocycles. The second kappa shape index (κ2) is 6.06. The predicted molar refractivity (Wildman–Crippen MR) is 73.6 cm³/mol. The molecule has 0 spiro atoms. The Morgan fingerprint density at radius 3 is 2.12 bits per heavy atom. The van der Waals surface area contributed by atoms with Crippen molar-refractivity contribution in [3.05, 3.63) is 28.8 Å². The molecule has 0 aliphatic heterocycles. The molecule has 0 aliphatic rings. The quantitative estimate of drug-likeness (QED) is 0.775. The van der Waals surface area contributed by atoms with E-state index >= 15 is 0 Å². The summed E-state index contributed by atoms with van der Waals surface area (Å²) in [4.78, 5) is 2.37. The van der Waals surface area contributed by atoms with Crippen molar-refractivity contribution >= 4 is 0 Å². The van der Waals surface area contributed by atoms with E-state index in [1.165, 1.54) is 16.7 Å². The maximum absolute atomic E-state index is 5.39. The molecule has 2 heteroatoms. The molecule has 0 radical (unpaired) electrons. The minimum Gasteiger partial charge on any atom is -0.496 e. The summed E-state index contributed by atoms with van der Waals surface area (Å²) in [5, 5.41) is 0. The summed E-state index contributed by atoms with van der Waals surface area (Å²) in [6.07, 6.45) is 0. The van der Waals surface area contributed by atoms with Gasteiger partial charge in [-0.1, -0.05) is 26.0 Å². The molecule has 0 aliphatic carbocycles. The van der Waals surface area contributed by atoms with E-state index in [4.69, 9.17) is 4.74 Å². The van der Waals surface area contributed by atoms with E-state index < -0.39 is 0 Å². The molecule has 96 valence electrons. The Morgan fingerprint density at radius 1 is 1.18 bits per heavy atom. The first-order valence-corrected chi connectivity index (χ1v) is 6.26. The minimum absolute atomic E-state index is 0.709. The highest BCUT2D eigenvalue weighted by Gasteiger charge is 2.08. The van der Waals surface area contributed by atoms with Gasteiger partial charge in [0.25, 0.3) is 0 Å². The van der Waals surface area contributed by atoms with Gasteiger partial charge in [-0.15, -0.1) is 0 Å². The van der Waals surface area contributed by atoms with Crippen molar-refractivity contribution < 1.29 is 4.74 Å². The molecule has 0 bridgehead atoms. The van der Waals surface area contributed by atoms with Crippen LogP contribution in [0, 0.1) is 19.8 Å². The van der Waals surface area contributed by atoms with Crippen molar-refractivity contribution in [3.8, 4) is 5.75 Å². The topological polar surface area (TPSA) is 12.5 Å². The fraction of sp³-hybridized carbons (Fsp3) is 0.600.